The lowest BCUT2D eigenvalue weighted by atomic mass is 10.00. The van der Waals surface area contributed by atoms with E-state index in [1.807, 2.05) is 0 Å². The maximum Gasteiger partial charge on any atom is 0.407 e. The molecular weight excluding hydrogens is 246 g/mol. The van der Waals surface area contributed by atoms with E-state index in [0.717, 1.165) is 0 Å². The number of hydrogen-bond donors (Lipinski definition) is 2. The third kappa shape index (κ3) is 4.99. The number of phenolic OH excluding ortho intramolecular Hbond substituents is 1. The van der Waals surface area contributed by atoms with Crippen molar-refractivity contribution in [3.05, 3.63) is 29.8 Å². The highest BCUT2D eigenvalue weighted by atomic mass is 16.6. The normalized spacial score (nSPS) is 12.6. The molecule has 19 heavy (non-hydrogen) atoms. The highest BCUT2D eigenvalue weighted by Gasteiger charge is 2.19. The molecule has 1 unspecified atom stereocenters. The van der Waals surface area contributed by atoms with E-state index in [-0.39, 0.29) is 12.3 Å². The van der Waals surface area contributed by atoms with Crippen LogP contribution in [0, 0.1) is 0 Å². The van der Waals surface area contributed by atoms with Crippen molar-refractivity contribution in [1.82, 2.24) is 5.32 Å². The fourth-order valence-electron chi connectivity index (χ4n) is 1.54. The zero-order chi connectivity index (χ0) is 14.5. The number of hydrogen-bond acceptors (Lipinski definition) is 4. The van der Waals surface area contributed by atoms with Crippen LogP contribution < -0.4 is 5.32 Å². The van der Waals surface area contributed by atoms with E-state index in [2.05, 4.69) is 5.32 Å². The molecule has 2 N–H and O–H groups in total. The summed E-state index contributed by atoms with van der Waals surface area (Å²) in [6.45, 7) is 5.35. The van der Waals surface area contributed by atoms with E-state index in [0.29, 0.717) is 11.8 Å². The molecule has 0 fully saturated rings. The number of aromatic hydroxyl groups is 1. The summed E-state index contributed by atoms with van der Waals surface area (Å²) in [7, 11) is 0. The lowest BCUT2D eigenvalue weighted by molar-refractivity contribution is -0.109. The summed E-state index contributed by atoms with van der Waals surface area (Å²) in [5, 5.41) is 12.2. The van der Waals surface area contributed by atoms with Crippen LogP contribution in [-0.4, -0.2) is 29.6 Å². The summed E-state index contributed by atoms with van der Waals surface area (Å²) >= 11 is 0. The van der Waals surface area contributed by atoms with Crippen LogP contribution in [0.2, 0.25) is 0 Å². The Bertz CT molecular complexity index is 451. The van der Waals surface area contributed by atoms with Gasteiger partial charge in [0.05, 0.1) is 5.92 Å². The van der Waals surface area contributed by atoms with Gasteiger partial charge in [-0.25, -0.2) is 4.79 Å². The molecule has 5 nitrogen and oxygen atoms in total. The van der Waals surface area contributed by atoms with Gasteiger partial charge < -0.3 is 20.0 Å². The van der Waals surface area contributed by atoms with Gasteiger partial charge in [-0.15, -0.1) is 0 Å². The van der Waals surface area contributed by atoms with E-state index >= 15 is 0 Å². The minimum atomic E-state index is -0.603. The van der Waals surface area contributed by atoms with E-state index in [9.17, 15) is 14.7 Å². The van der Waals surface area contributed by atoms with Crippen LogP contribution in [0.5, 0.6) is 5.75 Å². The molecule has 0 aromatic heterocycles. The third-order valence-electron chi connectivity index (χ3n) is 2.37. The Balaban J connectivity index is 2.62. The Labute approximate surface area is 112 Å². The Hall–Kier alpha value is -2.04. The quantitative estimate of drug-likeness (QED) is 0.818. The summed E-state index contributed by atoms with van der Waals surface area (Å²) in [6, 6.07) is 6.53. The van der Waals surface area contributed by atoms with Crippen LogP contribution in [0.4, 0.5) is 4.79 Å². The second-order valence-corrected chi connectivity index (χ2v) is 5.18. The van der Waals surface area contributed by atoms with Gasteiger partial charge in [0, 0.05) is 12.1 Å². The molecule has 1 rings (SSSR count). The fourth-order valence-corrected chi connectivity index (χ4v) is 1.54. The van der Waals surface area contributed by atoms with Gasteiger partial charge in [0.1, 0.15) is 17.6 Å². The van der Waals surface area contributed by atoms with E-state index in [4.69, 9.17) is 4.74 Å². The molecule has 1 atom stereocenters. The lowest BCUT2D eigenvalue weighted by Crippen LogP contribution is -2.35. The van der Waals surface area contributed by atoms with Gasteiger partial charge in [-0.2, -0.15) is 0 Å². The Morgan fingerprint density at radius 3 is 2.58 bits per heavy atom. The van der Waals surface area contributed by atoms with Crippen LogP contribution in [0.15, 0.2) is 24.3 Å². The van der Waals surface area contributed by atoms with Crippen molar-refractivity contribution in [3.8, 4) is 5.75 Å². The minimum Gasteiger partial charge on any atom is -0.508 e. The van der Waals surface area contributed by atoms with Crippen LogP contribution in [0.1, 0.15) is 32.3 Å². The molecule has 1 aromatic rings. The summed E-state index contributed by atoms with van der Waals surface area (Å²) in [6.07, 6.45) is 0.0988. The van der Waals surface area contributed by atoms with Gasteiger partial charge in [-0.05, 0) is 26.8 Å². The van der Waals surface area contributed by atoms with Crippen LogP contribution in [0.3, 0.4) is 0 Å². The predicted octanol–water partition coefficient (Wildman–Crippen LogP) is 2.20. The molecule has 0 bridgehead atoms. The molecule has 0 radical (unpaired) electrons. The molecule has 5 heteroatoms. The molecule has 0 aliphatic rings. The van der Waals surface area contributed by atoms with Gasteiger partial charge in [-0.3, -0.25) is 0 Å². The first-order valence-electron chi connectivity index (χ1n) is 6.03. The number of para-hydroxylation sites is 1. The van der Waals surface area contributed by atoms with Crippen molar-refractivity contribution in [1.29, 1.82) is 0 Å². The number of ether oxygens (including phenoxy) is 1. The Kier molecular flexibility index (Phi) is 4.92. The first-order valence-corrected chi connectivity index (χ1v) is 6.03. The number of phenols is 1. The number of alkyl carbamates (subject to hydrolysis) is 1. The lowest BCUT2D eigenvalue weighted by Gasteiger charge is -2.20. The molecule has 1 amide bonds. The average Bonchev–Trinajstić information content (AvgIpc) is 2.29. The Morgan fingerprint density at radius 2 is 2.05 bits per heavy atom. The molecule has 0 aliphatic carbocycles. The molecular formula is C14H19NO4. The van der Waals surface area contributed by atoms with Crippen molar-refractivity contribution < 1.29 is 19.4 Å². The zero-order valence-electron chi connectivity index (χ0n) is 11.3. The summed E-state index contributed by atoms with van der Waals surface area (Å²) in [4.78, 5) is 22.5. The first kappa shape index (κ1) is 15.0. The largest absolute Gasteiger partial charge is 0.508 e. The highest BCUT2D eigenvalue weighted by Crippen LogP contribution is 2.23. The summed E-state index contributed by atoms with van der Waals surface area (Å²) < 4.78 is 5.07. The Morgan fingerprint density at radius 1 is 1.42 bits per heavy atom. The number of carbonyl (C=O) groups excluding carboxylic acids is 2. The fraction of sp³-hybridized carbons (Fsp3) is 0.429. The van der Waals surface area contributed by atoms with Gasteiger partial charge in [0.15, 0.2) is 0 Å². The van der Waals surface area contributed by atoms with E-state index < -0.39 is 17.6 Å². The number of carbonyl (C=O) groups is 2. The summed E-state index contributed by atoms with van der Waals surface area (Å²) in [5.74, 6) is -0.570. The number of aldehydes is 1. The third-order valence-corrected chi connectivity index (χ3v) is 2.37. The average molecular weight is 265 g/mol. The molecule has 0 spiro atoms. The number of benzene rings is 1. The molecule has 0 aliphatic heterocycles. The molecule has 1 aromatic carbocycles. The minimum absolute atomic E-state index is 0.0330. The monoisotopic (exact) mass is 265 g/mol. The van der Waals surface area contributed by atoms with Crippen molar-refractivity contribution in [2.45, 2.75) is 32.3 Å². The second-order valence-electron chi connectivity index (χ2n) is 5.18. The standard InChI is InChI=1S/C14H19NO4/c1-14(2,3)19-13(18)15-8-10(9-16)11-6-4-5-7-12(11)17/h4-7,9-10,17H,8H2,1-3H3,(H,15,18). The van der Waals surface area contributed by atoms with Crippen molar-refractivity contribution >= 4 is 12.4 Å². The number of nitrogens with one attached hydrogen (secondary N) is 1. The van der Waals surface area contributed by atoms with Crippen LogP contribution in [-0.2, 0) is 9.53 Å². The van der Waals surface area contributed by atoms with Gasteiger partial charge in [-0.1, -0.05) is 18.2 Å². The van der Waals surface area contributed by atoms with Gasteiger partial charge >= 0.3 is 6.09 Å². The number of amides is 1. The first-order chi connectivity index (χ1) is 8.83. The second kappa shape index (κ2) is 6.22. The molecule has 104 valence electrons. The zero-order valence-corrected chi connectivity index (χ0v) is 11.3. The number of rotatable bonds is 4. The molecule has 0 saturated heterocycles. The maximum atomic E-state index is 11.5. The van der Waals surface area contributed by atoms with Crippen molar-refractivity contribution in [3.63, 3.8) is 0 Å². The van der Waals surface area contributed by atoms with Crippen molar-refractivity contribution in [2.75, 3.05) is 6.54 Å². The molecule has 0 saturated carbocycles. The van der Waals surface area contributed by atoms with Gasteiger partial charge in [0.25, 0.3) is 0 Å². The SMILES string of the molecule is CC(C)(C)OC(=O)NCC(C=O)c1ccccc1O. The smallest absolute Gasteiger partial charge is 0.407 e. The van der Waals surface area contributed by atoms with Crippen LogP contribution >= 0.6 is 0 Å². The highest BCUT2D eigenvalue weighted by molar-refractivity contribution is 5.70. The van der Waals surface area contributed by atoms with Crippen molar-refractivity contribution in [2.24, 2.45) is 0 Å². The predicted molar refractivity (Wildman–Crippen MR) is 71.1 cm³/mol. The van der Waals surface area contributed by atoms with E-state index in [1.165, 1.54) is 6.07 Å². The van der Waals surface area contributed by atoms with E-state index in [1.54, 1.807) is 39.0 Å². The summed E-state index contributed by atoms with van der Waals surface area (Å²) in [5.41, 5.74) is -0.108. The van der Waals surface area contributed by atoms with Gasteiger partial charge in [0.2, 0.25) is 0 Å². The maximum absolute atomic E-state index is 11.5. The molecule has 0 heterocycles. The topological polar surface area (TPSA) is 75.6 Å². The van der Waals surface area contributed by atoms with Crippen LogP contribution in [0.25, 0.3) is 0 Å².